The van der Waals surface area contributed by atoms with Gasteiger partial charge in [0.2, 0.25) is 0 Å². The quantitative estimate of drug-likeness (QED) is 0.852. The molecule has 0 aliphatic heterocycles. The van der Waals surface area contributed by atoms with Crippen molar-refractivity contribution < 1.29 is 4.39 Å². The molecule has 2 N–H and O–H groups in total. The molecule has 1 nitrogen and oxygen atoms in total. The van der Waals surface area contributed by atoms with Crippen molar-refractivity contribution in [1.82, 2.24) is 0 Å². The highest BCUT2D eigenvalue weighted by Crippen LogP contribution is 2.25. The molecular weight excluding hydrogens is 329 g/mol. The molecule has 0 heterocycles. The van der Waals surface area contributed by atoms with Crippen LogP contribution in [0.5, 0.6) is 0 Å². The fourth-order valence-electron chi connectivity index (χ4n) is 2.10. The van der Waals surface area contributed by atoms with Crippen LogP contribution < -0.4 is 5.73 Å². The molecule has 0 aliphatic rings. The van der Waals surface area contributed by atoms with Gasteiger partial charge in [-0.2, -0.15) is 0 Å². The molecule has 0 saturated heterocycles. The molecule has 0 aromatic heterocycles. The van der Waals surface area contributed by atoms with Gasteiger partial charge in [0, 0.05) is 15.5 Å². The topological polar surface area (TPSA) is 26.0 Å². The summed E-state index contributed by atoms with van der Waals surface area (Å²) in [6, 6.07) is 10.2. The van der Waals surface area contributed by atoms with Crippen LogP contribution in [0, 0.1) is 12.7 Å². The zero-order valence-corrected chi connectivity index (χ0v) is 12.8. The van der Waals surface area contributed by atoms with Gasteiger partial charge in [-0.25, -0.2) is 4.39 Å². The zero-order chi connectivity index (χ0) is 14.0. The summed E-state index contributed by atoms with van der Waals surface area (Å²) in [4.78, 5) is 0. The molecule has 0 bridgehead atoms. The third kappa shape index (κ3) is 3.56. The van der Waals surface area contributed by atoms with Gasteiger partial charge in [-0.3, -0.25) is 0 Å². The van der Waals surface area contributed by atoms with Crippen molar-refractivity contribution in [2.24, 2.45) is 5.73 Å². The second-order valence-electron chi connectivity index (χ2n) is 4.55. The van der Waals surface area contributed by atoms with Crippen molar-refractivity contribution in [2.45, 2.75) is 19.4 Å². The van der Waals surface area contributed by atoms with Crippen molar-refractivity contribution >= 4 is 27.5 Å². The van der Waals surface area contributed by atoms with Crippen LogP contribution in [0.3, 0.4) is 0 Å². The van der Waals surface area contributed by atoms with E-state index in [-0.39, 0.29) is 11.9 Å². The van der Waals surface area contributed by atoms with E-state index in [1.54, 1.807) is 6.07 Å². The van der Waals surface area contributed by atoms with Gasteiger partial charge in [0.25, 0.3) is 0 Å². The number of aryl methyl sites for hydroxylation is 1. The van der Waals surface area contributed by atoms with E-state index in [0.29, 0.717) is 17.0 Å². The van der Waals surface area contributed by atoms with E-state index in [9.17, 15) is 4.39 Å². The van der Waals surface area contributed by atoms with Crippen molar-refractivity contribution in [3.63, 3.8) is 0 Å². The number of rotatable bonds is 3. The molecule has 2 rings (SSSR count). The van der Waals surface area contributed by atoms with Crippen molar-refractivity contribution in [3.05, 3.63) is 68.4 Å². The SMILES string of the molecule is Cc1cc(Br)ccc1C(N)Cc1cc(Cl)ccc1F. The maximum absolute atomic E-state index is 13.7. The lowest BCUT2D eigenvalue weighted by Crippen LogP contribution is -2.15. The van der Waals surface area contributed by atoms with Crippen LogP contribution >= 0.6 is 27.5 Å². The minimum atomic E-state index is -0.269. The van der Waals surface area contributed by atoms with Gasteiger partial charge in [0.05, 0.1) is 0 Å². The third-order valence-electron chi connectivity index (χ3n) is 3.08. The maximum Gasteiger partial charge on any atom is 0.126 e. The summed E-state index contributed by atoms with van der Waals surface area (Å²) < 4.78 is 14.7. The number of hydrogen-bond acceptors (Lipinski definition) is 1. The first-order valence-corrected chi connectivity index (χ1v) is 7.10. The van der Waals surface area contributed by atoms with Crippen LogP contribution in [0.2, 0.25) is 5.02 Å². The second-order valence-corrected chi connectivity index (χ2v) is 5.90. The van der Waals surface area contributed by atoms with Crippen LogP contribution in [0.1, 0.15) is 22.7 Å². The molecule has 0 radical (unpaired) electrons. The van der Waals surface area contributed by atoms with Crippen LogP contribution in [0.15, 0.2) is 40.9 Å². The molecule has 2 aromatic carbocycles. The van der Waals surface area contributed by atoms with Crippen LogP contribution in [-0.4, -0.2) is 0 Å². The lowest BCUT2D eigenvalue weighted by molar-refractivity contribution is 0.593. The molecule has 100 valence electrons. The van der Waals surface area contributed by atoms with E-state index in [0.717, 1.165) is 15.6 Å². The average molecular weight is 343 g/mol. The minimum Gasteiger partial charge on any atom is -0.324 e. The Labute approximate surface area is 125 Å². The highest BCUT2D eigenvalue weighted by Gasteiger charge is 2.13. The largest absolute Gasteiger partial charge is 0.324 e. The lowest BCUT2D eigenvalue weighted by Gasteiger charge is -2.15. The van der Waals surface area contributed by atoms with Gasteiger partial charge >= 0.3 is 0 Å². The summed E-state index contributed by atoms with van der Waals surface area (Å²) in [5.74, 6) is -0.269. The summed E-state index contributed by atoms with van der Waals surface area (Å²) >= 11 is 9.30. The molecule has 4 heteroatoms. The predicted molar refractivity (Wildman–Crippen MR) is 80.9 cm³/mol. The summed E-state index contributed by atoms with van der Waals surface area (Å²) in [6.07, 6.45) is 0.425. The Kier molecular flexibility index (Phi) is 4.61. The molecule has 2 aromatic rings. The Morgan fingerprint density at radius 2 is 2.00 bits per heavy atom. The van der Waals surface area contributed by atoms with Gasteiger partial charge in [-0.05, 0) is 60.4 Å². The number of nitrogens with two attached hydrogens (primary N) is 1. The smallest absolute Gasteiger partial charge is 0.126 e. The maximum atomic E-state index is 13.7. The number of benzene rings is 2. The summed E-state index contributed by atoms with van der Waals surface area (Å²) in [7, 11) is 0. The Balaban J connectivity index is 2.25. The number of hydrogen-bond donors (Lipinski definition) is 1. The summed E-state index contributed by atoms with van der Waals surface area (Å²) in [5, 5.41) is 0.524. The van der Waals surface area contributed by atoms with Gasteiger partial charge < -0.3 is 5.73 Å². The highest BCUT2D eigenvalue weighted by atomic mass is 79.9. The van der Waals surface area contributed by atoms with E-state index in [2.05, 4.69) is 15.9 Å². The molecule has 0 aliphatic carbocycles. The fourth-order valence-corrected chi connectivity index (χ4v) is 2.77. The van der Waals surface area contributed by atoms with E-state index < -0.39 is 0 Å². The molecule has 0 saturated carbocycles. The lowest BCUT2D eigenvalue weighted by atomic mass is 9.96. The van der Waals surface area contributed by atoms with E-state index in [4.69, 9.17) is 17.3 Å². The first kappa shape index (κ1) is 14.5. The third-order valence-corrected chi connectivity index (χ3v) is 3.81. The summed E-state index contributed by atoms with van der Waals surface area (Å²) in [6.45, 7) is 1.99. The monoisotopic (exact) mass is 341 g/mol. The Hall–Kier alpha value is -0.900. The Morgan fingerprint density at radius 1 is 1.26 bits per heavy atom. The van der Waals surface area contributed by atoms with E-state index in [1.807, 2.05) is 25.1 Å². The molecule has 19 heavy (non-hydrogen) atoms. The van der Waals surface area contributed by atoms with Crippen LogP contribution in [-0.2, 0) is 6.42 Å². The van der Waals surface area contributed by atoms with Crippen molar-refractivity contribution in [3.8, 4) is 0 Å². The van der Waals surface area contributed by atoms with Gasteiger partial charge in [-0.1, -0.05) is 33.6 Å². The van der Waals surface area contributed by atoms with E-state index in [1.165, 1.54) is 12.1 Å². The molecule has 0 fully saturated rings. The zero-order valence-electron chi connectivity index (χ0n) is 10.5. The average Bonchev–Trinajstić information content (AvgIpc) is 2.33. The standard InChI is InChI=1S/C15H14BrClFN/c1-9-6-11(16)2-4-13(9)15(19)8-10-7-12(17)3-5-14(10)18/h2-7,15H,8,19H2,1H3. The van der Waals surface area contributed by atoms with Gasteiger partial charge in [-0.15, -0.1) is 0 Å². The fraction of sp³-hybridized carbons (Fsp3) is 0.200. The molecule has 0 spiro atoms. The van der Waals surface area contributed by atoms with Crippen molar-refractivity contribution in [1.29, 1.82) is 0 Å². The van der Waals surface area contributed by atoms with Crippen LogP contribution in [0.25, 0.3) is 0 Å². The Morgan fingerprint density at radius 3 is 2.68 bits per heavy atom. The molecule has 1 atom stereocenters. The molecular formula is C15H14BrClFN. The minimum absolute atomic E-state index is 0.249. The van der Waals surface area contributed by atoms with Crippen molar-refractivity contribution in [2.75, 3.05) is 0 Å². The molecule has 0 amide bonds. The van der Waals surface area contributed by atoms with E-state index >= 15 is 0 Å². The van der Waals surface area contributed by atoms with Gasteiger partial charge in [0.1, 0.15) is 5.82 Å². The predicted octanol–water partition coefficient (Wildman–Crippen LogP) is 4.79. The highest BCUT2D eigenvalue weighted by molar-refractivity contribution is 9.10. The second kappa shape index (κ2) is 6.04. The number of halogens is 3. The first-order valence-electron chi connectivity index (χ1n) is 5.93. The Bertz CT molecular complexity index is 601. The summed E-state index contributed by atoms with van der Waals surface area (Å²) in [5.41, 5.74) is 8.82. The molecule has 1 unspecified atom stereocenters. The van der Waals surface area contributed by atoms with Gasteiger partial charge in [0.15, 0.2) is 0 Å². The van der Waals surface area contributed by atoms with Crippen LogP contribution in [0.4, 0.5) is 4.39 Å². The normalized spacial score (nSPS) is 12.5. The first-order chi connectivity index (χ1) is 8.97.